The van der Waals surface area contributed by atoms with Gasteiger partial charge in [-0.25, -0.2) is 4.59 Å². The largest absolute Gasteiger partial charge is 0.244 e. The predicted molar refractivity (Wildman–Crippen MR) is 68.2 cm³/mol. The summed E-state index contributed by atoms with van der Waals surface area (Å²) in [7, 11) is 0. The molecule has 1 heterocycles. The summed E-state index contributed by atoms with van der Waals surface area (Å²) in [6.07, 6.45) is 3.74. The van der Waals surface area contributed by atoms with Gasteiger partial charge in [-0.1, -0.05) is 29.3 Å². The Hall–Kier alpha value is -0.280. The average Bonchev–Trinajstić information content (AvgIpc) is 2.24. The molecule has 88 valence electrons. The Morgan fingerprint density at radius 2 is 1.75 bits per heavy atom. The SMILES string of the molecule is N[N+]1(Cc2ccc(Cl)c(Cl)c2)CCCCC1. The number of likely N-dealkylation sites (tertiary alicyclic amines) is 1. The number of rotatable bonds is 2. The maximum atomic E-state index is 6.34. The molecule has 2 N–H and O–H groups in total. The van der Waals surface area contributed by atoms with Crippen molar-refractivity contribution < 1.29 is 4.59 Å². The van der Waals surface area contributed by atoms with E-state index in [9.17, 15) is 0 Å². The van der Waals surface area contributed by atoms with Crippen LogP contribution in [0, 0.1) is 0 Å². The number of halogens is 2. The Morgan fingerprint density at radius 1 is 1.06 bits per heavy atom. The lowest BCUT2D eigenvalue weighted by Crippen LogP contribution is -2.56. The first kappa shape index (κ1) is 12.2. The summed E-state index contributed by atoms with van der Waals surface area (Å²) in [6, 6.07) is 5.77. The molecule has 1 aliphatic heterocycles. The van der Waals surface area contributed by atoms with Gasteiger partial charge >= 0.3 is 0 Å². The number of nitrogens with zero attached hydrogens (tertiary/aromatic N) is 1. The summed E-state index contributed by atoms with van der Waals surface area (Å²) in [5, 5.41) is 1.22. The number of hydrogen-bond donors (Lipinski definition) is 1. The summed E-state index contributed by atoms with van der Waals surface area (Å²) in [5.41, 5.74) is 1.17. The van der Waals surface area contributed by atoms with Gasteiger partial charge in [-0.15, -0.1) is 0 Å². The Bertz CT molecular complexity index is 373. The standard InChI is InChI=1S/C12H17Cl2N2/c13-11-5-4-10(8-12(11)14)9-16(15)6-2-1-3-7-16/h4-5,8H,1-3,6-7,9,15H2/q+1. The Balaban J connectivity index is 2.10. The Labute approximate surface area is 107 Å². The van der Waals surface area contributed by atoms with Crippen molar-refractivity contribution >= 4 is 23.2 Å². The summed E-state index contributed by atoms with van der Waals surface area (Å²) in [5.74, 6) is 6.34. The highest BCUT2D eigenvalue weighted by atomic mass is 35.5. The number of benzene rings is 1. The van der Waals surface area contributed by atoms with Crippen LogP contribution in [0.4, 0.5) is 0 Å². The van der Waals surface area contributed by atoms with Gasteiger partial charge in [0.1, 0.15) is 6.54 Å². The van der Waals surface area contributed by atoms with Crippen molar-refractivity contribution in [1.29, 1.82) is 0 Å². The molecular formula is C12H17Cl2N2+. The normalized spacial score (nSPS) is 19.7. The first-order valence-corrected chi connectivity index (χ1v) is 6.43. The molecular weight excluding hydrogens is 243 g/mol. The molecule has 0 atom stereocenters. The molecule has 1 aromatic rings. The highest BCUT2D eigenvalue weighted by Crippen LogP contribution is 2.25. The molecule has 0 amide bonds. The minimum atomic E-state index is 0.604. The van der Waals surface area contributed by atoms with Gasteiger partial charge in [-0.2, -0.15) is 5.84 Å². The van der Waals surface area contributed by atoms with Crippen LogP contribution < -0.4 is 5.84 Å². The van der Waals surface area contributed by atoms with Crippen LogP contribution in [-0.2, 0) is 6.54 Å². The van der Waals surface area contributed by atoms with E-state index in [-0.39, 0.29) is 0 Å². The fourth-order valence-corrected chi connectivity index (χ4v) is 2.62. The second-order valence-electron chi connectivity index (χ2n) is 4.63. The molecule has 0 saturated carbocycles. The van der Waals surface area contributed by atoms with E-state index in [1.54, 1.807) is 0 Å². The van der Waals surface area contributed by atoms with E-state index in [0.717, 1.165) is 19.6 Å². The van der Waals surface area contributed by atoms with Crippen molar-refractivity contribution in [2.75, 3.05) is 13.1 Å². The molecule has 1 aromatic carbocycles. The molecule has 0 bridgehead atoms. The minimum Gasteiger partial charge on any atom is -0.244 e. The van der Waals surface area contributed by atoms with Crippen molar-refractivity contribution in [3.8, 4) is 0 Å². The second kappa shape index (κ2) is 4.92. The van der Waals surface area contributed by atoms with Crippen LogP contribution in [0.25, 0.3) is 0 Å². The highest BCUT2D eigenvalue weighted by Gasteiger charge is 2.26. The van der Waals surface area contributed by atoms with Gasteiger partial charge in [-0.3, -0.25) is 0 Å². The number of hydrogen-bond acceptors (Lipinski definition) is 1. The third-order valence-corrected chi connectivity index (χ3v) is 3.93. The maximum Gasteiger partial charge on any atom is 0.122 e. The monoisotopic (exact) mass is 259 g/mol. The van der Waals surface area contributed by atoms with Gasteiger partial charge in [0.2, 0.25) is 0 Å². The van der Waals surface area contributed by atoms with Gasteiger partial charge in [0.15, 0.2) is 0 Å². The summed E-state index contributed by atoms with van der Waals surface area (Å²) in [6.45, 7) is 2.96. The summed E-state index contributed by atoms with van der Waals surface area (Å²) < 4.78 is 0.637. The van der Waals surface area contributed by atoms with Crippen LogP contribution in [0.3, 0.4) is 0 Å². The van der Waals surface area contributed by atoms with Crippen LogP contribution in [0.5, 0.6) is 0 Å². The fraction of sp³-hybridized carbons (Fsp3) is 0.500. The lowest BCUT2D eigenvalue weighted by Gasteiger charge is -2.36. The van der Waals surface area contributed by atoms with E-state index in [1.165, 1.54) is 24.8 Å². The minimum absolute atomic E-state index is 0.604. The third-order valence-electron chi connectivity index (χ3n) is 3.19. The van der Waals surface area contributed by atoms with Crippen molar-refractivity contribution in [1.82, 2.24) is 0 Å². The van der Waals surface area contributed by atoms with Crippen molar-refractivity contribution in [3.05, 3.63) is 33.8 Å². The lowest BCUT2D eigenvalue weighted by atomic mass is 10.1. The van der Waals surface area contributed by atoms with Gasteiger partial charge < -0.3 is 0 Å². The van der Waals surface area contributed by atoms with Crippen molar-refractivity contribution in [2.24, 2.45) is 5.84 Å². The molecule has 1 saturated heterocycles. The molecule has 0 unspecified atom stereocenters. The molecule has 1 aliphatic rings. The Morgan fingerprint density at radius 3 is 2.38 bits per heavy atom. The van der Waals surface area contributed by atoms with Gasteiger partial charge in [0.05, 0.1) is 23.1 Å². The van der Waals surface area contributed by atoms with E-state index >= 15 is 0 Å². The highest BCUT2D eigenvalue weighted by molar-refractivity contribution is 6.41. The fourth-order valence-electron chi connectivity index (χ4n) is 2.30. The quantitative estimate of drug-likeness (QED) is 0.640. The van der Waals surface area contributed by atoms with E-state index < -0.39 is 0 Å². The van der Waals surface area contributed by atoms with E-state index in [4.69, 9.17) is 29.0 Å². The van der Waals surface area contributed by atoms with E-state index in [0.29, 0.717) is 14.6 Å². The molecule has 0 aliphatic carbocycles. The van der Waals surface area contributed by atoms with Crippen LogP contribution in [-0.4, -0.2) is 17.7 Å². The van der Waals surface area contributed by atoms with Crippen LogP contribution >= 0.6 is 23.2 Å². The number of quaternary nitrogens is 1. The van der Waals surface area contributed by atoms with E-state index in [2.05, 4.69) is 0 Å². The molecule has 4 heteroatoms. The smallest absolute Gasteiger partial charge is 0.122 e. The maximum absolute atomic E-state index is 6.34. The molecule has 0 radical (unpaired) electrons. The van der Waals surface area contributed by atoms with Gasteiger partial charge in [-0.05, 0) is 31.4 Å². The van der Waals surface area contributed by atoms with Gasteiger partial charge in [0, 0.05) is 5.56 Å². The predicted octanol–water partition coefficient (Wildman–Crippen LogP) is 3.37. The molecule has 0 spiro atoms. The van der Waals surface area contributed by atoms with Crippen molar-refractivity contribution in [2.45, 2.75) is 25.8 Å². The number of piperidine rings is 1. The average molecular weight is 260 g/mol. The first-order valence-electron chi connectivity index (χ1n) is 5.68. The molecule has 0 aromatic heterocycles. The molecule has 2 rings (SSSR count). The zero-order chi connectivity index (χ0) is 11.6. The first-order chi connectivity index (χ1) is 7.59. The van der Waals surface area contributed by atoms with Crippen LogP contribution in [0.15, 0.2) is 18.2 Å². The van der Waals surface area contributed by atoms with Crippen LogP contribution in [0.2, 0.25) is 10.0 Å². The van der Waals surface area contributed by atoms with E-state index in [1.807, 2.05) is 18.2 Å². The molecule has 2 nitrogen and oxygen atoms in total. The summed E-state index contributed by atoms with van der Waals surface area (Å²) in [4.78, 5) is 0. The Kier molecular flexibility index (Phi) is 3.75. The zero-order valence-corrected chi connectivity index (χ0v) is 10.8. The number of nitrogens with two attached hydrogens (primary N) is 1. The van der Waals surface area contributed by atoms with Crippen LogP contribution in [0.1, 0.15) is 24.8 Å². The van der Waals surface area contributed by atoms with Crippen molar-refractivity contribution in [3.63, 3.8) is 0 Å². The molecule has 1 fully saturated rings. The summed E-state index contributed by atoms with van der Waals surface area (Å²) >= 11 is 11.9. The zero-order valence-electron chi connectivity index (χ0n) is 9.26. The third kappa shape index (κ3) is 2.89. The molecule has 16 heavy (non-hydrogen) atoms. The van der Waals surface area contributed by atoms with Gasteiger partial charge in [0.25, 0.3) is 0 Å². The lowest BCUT2D eigenvalue weighted by molar-refractivity contribution is -0.956. The second-order valence-corrected chi connectivity index (χ2v) is 5.45. The topological polar surface area (TPSA) is 26.0 Å².